The fourth-order valence-electron chi connectivity index (χ4n) is 4.64. The van der Waals surface area contributed by atoms with Gasteiger partial charge in [-0.1, -0.05) is 0 Å². The second-order valence-corrected chi connectivity index (χ2v) is 8.23. The lowest BCUT2D eigenvalue weighted by molar-refractivity contribution is 0.254. The maximum Gasteiger partial charge on any atom is 0.163 e. The number of ether oxygens (including phenoxy) is 2. The molecule has 2 aliphatic rings. The molecule has 1 aromatic heterocycles. The van der Waals surface area contributed by atoms with E-state index in [9.17, 15) is 0 Å². The van der Waals surface area contributed by atoms with E-state index in [1.54, 1.807) is 7.11 Å². The van der Waals surface area contributed by atoms with Crippen LogP contribution in [-0.2, 0) is 12.8 Å². The van der Waals surface area contributed by atoms with E-state index in [1.165, 1.54) is 42.4 Å². The normalized spacial score (nSPS) is 15.9. The molecule has 6 heteroatoms. The lowest BCUT2D eigenvalue weighted by Crippen LogP contribution is -2.21. The summed E-state index contributed by atoms with van der Waals surface area (Å²) in [6.45, 7) is 4.99. The Morgan fingerprint density at radius 1 is 1.10 bits per heavy atom. The van der Waals surface area contributed by atoms with Gasteiger partial charge in [0.2, 0.25) is 0 Å². The highest BCUT2D eigenvalue weighted by molar-refractivity contribution is 5.89. The molecule has 0 unspecified atom stereocenters. The fraction of sp³-hybridized carbons (Fsp3) is 0.583. The number of aromatic nitrogens is 1. The summed E-state index contributed by atoms with van der Waals surface area (Å²) in [6, 6.07) is 6.33. The first kappa shape index (κ1) is 20.7. The lowest BCUT2D eigenvalue weighted by Gasteiger charge is -2.17. The monoisotopic (exact) mass is 408 g/mol. The minimum Gasteiger partial charge on any atom is -0.493 e. The van der Waals surface area contributed by atoms with E-state index in [4.69, 9.17) is 19.7 Å². The van der Waals surface area contributed by atoms with Crippen LogP contribution in [0.2, 0.25) is 0 Å². The number of unbranched alkanes of at least 4 members (excludes halogenated alkanes) is 1. The molecule has 1 N–H and O–H groups in total. The summed E-state index contributed by atoms with van der Waals surface area (Å²) in [5.74, 6) is 2.53. The summed E-state index contributed by atoms with van der Waals surface area (Å²) in [7, 11) is 1.71. The second-order valence-electron chi connectivity index (χ2n) is 8.23. The number of nitrogens with one attached hydrogen (secondary N) is 1. The predicted molar refractivity (Wildman–Crippen MR) is 119 cm³/mol. The molecule has 0 atom stereocenters. The van der Waals surface area contributed by atoms with Gasteiger partial charge in [-0.05, 0) is 75.2 Å². The number of nitriles is 1. The molecule has 160 valence electrons. The van der Waals surface area contributed by atoms with Gasteiger partial charge in [-0.15, -0.1) is 0 Å². The van der Waals surface area contributed by atoms with Crippen molar-refractivity contribution in [3.05, 3.63) is 23.3 Å². The van der Waals surface area contributed by atoms with Crippen LogP contribution in [0.4, 0.5) is 5.82 Å². The zero-order valence-electron chi connectivity index (χ0n) is 18.0. The van der Waals surface area contributed by atoms with E-state index in [1.807, 2.05) is 6.07 Å². The Hall–Kier alpha value is -2.52. The van der Waals surface area contributed by atoms with Crippen molar-refractivity contribution in [1.29, 1.82) is 5.26 Å². The molecule has 0 radical (unpaired) electrons. The smallest absolute Gasteiger partial charge is 0.163 e. The van der Waals surface area contributed by atoms with Gasteiger partial charge in [-0.2, -0.15) is 5.26 Å². The number of likely N-dealkylation sites (tertiary alicyclic amines) is 1. The van der Waals surface area contributed by atoms with Crippen molar-refractivity contribution in [2.75, 3.05) is 45.2 Å². The van der Waals surface area contributed by atoms with Gasteiger partial charge < -0.3 is 19.7 Å². The average Bonchev–Trinajstić information content (AvgIpc) is 3.46. The van der Waals surface area contributed by atoms with E-state index >= 15 is 0 Å². The highest BCUT2D eigenvalue weighted by Crippen LogP contribution is 2.39. The van der Waals surface area contributed by atoms with Gasteiger partial charge in [0.1, 0.15) is 5.82 Å². The van der Waals surface area contributed by atoms with Gasteiger partial charge in [0.15, 0.2) is 11.5 Å². The van der Waals surface area contributed by atoms with Crippen LogP contribution in [0, 0.1) is 11.3 Å². The molecule has 6 nitrogen and oxygen atoms in total. The molecule has 1 aliphatic carbocycles. The molecule has 0 saturated carbocycles. The minimum absolute atomic E-state index is 0.565. The summed E-state index contributed by atoms with van der Waals surface area (Å²) >= 11 is 0. The van der Waals surface area contributed by atoms with Gasteiger partial charge >= 0.3 is 0 Å². The molecule has 0 spiro atoms. The molecule has 1 aromatic carbocycles. The van der Waals surface area contributed by atoms with Gasteiger partial charge in [0.05, 0.1) is 25.3 Å². The predicted octanol–water partition coefficient (Wildman–Crippen LogP) is 4.31. The Bertz CT molecular complexity index is 916. The van der Waals surface area contributed by atoms with E-state index < -0.39 is 0 Å². The van der Waals surface area contributed by atoms with Crippen LogP contribution in [0.25, 0.3) is 10.9 Å². The first-order valence-corrected chi connectivity index (χ1v) is 11.3. The summed E-state index contributed by atoms with van der Waals surface area (Å²) in [5.41, 5.74) is 3.65. The summed E-state index contributed by atoms with van der Waals surface area (Å²) in [4.78, 5) is 7.44. The first-order valence-electron chi connectivity index (χ1n) is 11.3. The van der Waals surface area contributed by atoms with Crippen molar-refractivity contribution in [2.45, 2.75) is 51.4 Å². The number of pyridine rings is 1. The Kier molecular flexibility index (Phi) is 6.91. The van der Waals surface area contributed by atoms with Crippen LogP contribution in [0.1, 0.15) is 49.7 Å². The number of hydrogen-bond donors (Lipinski definition) is 1. The highest BCUT2D eigenvalue weighted by Gasteiger charge is 2.21. The lowest BCUT2D eigenvalue weighted by atomic mass is 10.0. The molecular formula is C24H32N4O2. The number of rotatable bonds is 10. The van der Waals surface area contributed by atoms with Gasteiger partial charge in [-0.25, -0.2) is 4.98 Å². The van der Waals surface area contributed by atoms with E-state index in [0.29, 0.717) is 13.0 Å². The van der Waals surface area contributed by atoms with Crippen LogP contribution in [0.5, 0.6) is 11.5 Å². The van der Waals surface area contributed by atoms with Gasteiger partial charge in [0, 0.05) is 31.0 Å². The molecule has 30 heavy (non-hydrogen) atoms. The van der Waals surface area contributed by atoms with E-state index in [2.05, 4.69) is 22.4 Å². The van der Waals surface area contributed by atoms with Crippen molar-refractivity contribution in [1.82, 2.24) is 9.88 Å². The summed E-state index contributed by atoms with van der Waals surface area (Å²) in [5, 5.41) is 13.4. The molecule has 1 aliphatic heterocycles. The van der Waals surface area contributed by atoms with Crippen molar-refractivity contribution in [2.24, 2.45) is 0 Å². The third kappa shape index (κ3) is 4.62. The highest BCUT2D eigenvalue weighted by atomic mass is 16.5. The average molecular weight is 409 g/mol. The molecule has 0 bridgehead atoms. The first-order chi connectivity index (χ1) is 14.8. The van der Waals surface area contributed by atoms with Crippen molar-refractivity contribution in [3.8, 4) is 17.6 Å². The Labute approximate surface area is 179 Å². The number of benzene rings is 1. The summed E-state index contributed by atoms with van der Waals surface area (Å²) in [6.07, 6.45) is 8.33. The largest absolute Gasteiger partial charge is 0.493 e. The van der Waals surface area contributed by atoms with Crippen LogP contribution in [0.3, 0.4) is 0 Å². The molecule has 4 rings (SSSR count). The zero-order valence-corrected chi connectivity index (χ0v) is 18.0. The number of anilines is 1. The summed E-state index contributed by atoms with van der Waals surface area (Å²) < 4.78 is 11.8. The van der Waals surface area contributed by atoms with Crippen molar-refractivity contribution in [3.63, 3.8) is 0 Å². The number of fused-ring (bicyclic) bond motifs is 3. The molecule has 0 amide bonds. The molecule has 2 aromatic rings. The number of methoxy groups -OCH3 is 1. The van der Waals surface area contributed by atoms with Crippen molar-refractivity contribution >= 4 is 16.7 Å². The maximum absolute atomic E-state index is 8.77. The SMILES string of the molecule is COc1cc2c3c(c(NCCCC#N)nc2cc1OCCCN1CCCC1)CCC3. The standard InChI is InChI=1S/C24H32N4O2/c1-29-22-16-20-18-8-6-9-19(18)24(26-11-3-2-10-25)27-21(20)17-23(22)30-15-7-14-28-12-4-5-13-28/h16-17H,2-9,11-15H2,1H3,(H,26,27). The van der Waals surface area contributed by atoms with Gasteiger partial charge in [0.25, 0.3) is 0 Å². The maximum atomic E-state index is 8.77. The van der Waals surface area contributed by atoms with Crippen LogP contribution < -0.4 is 14.8 Å². The van der Waals surface area contributed by atoms with Crippen LogP contribution >= 0.6 is 0 Å². The quantitative estimate of drug-likeness (QED) is 0.591. The third-order valence-electron chi connectivity index (χ3n) is 6.18. The second kappa shape index (κ2) is 9.99. The Morgan fingerprint density at radius 3 is 2.73 bits per heavy atom. The zero-order chi connectivity index (χ0) is 20.8. The van der Waals surface area contributed by atoms with E-state index in [-0.39, 0.29) is 0 Å². The van der Waals surface area contributed by atoms with E-state index in [0.717, 1.165) is 68.0 Å². The number of aryl methyl sites for hydroxylation is 1. The van der Waals surface area contributed by atoms with Crippen molar-refractivity contribution < 1.29 is 9.47 Å². The van der Waals surface area contributed by atoms with Gasteiger partial charge in [-0.3, -0.25) is 0 Å². The number of nitrogens with zero attached hydrogens (tertiary/aromatic N) is 3. The fourth-order valence-corrected chi connectivity index (χ4v) is 4.64. The molecular weight excluding hydrogens is 376 g/mol. The Balaban J connectivity index is 1.52. The van der Waals surface area contributed by atoms with Crippen LogP contribution in [0.15, 0.2) is 12.1 Å². The topological polar surface area (TPSA) is 70.4 Å². The molecule has 1 fully saturated rings. The Morgan fingerprint density at radius 2 is 1.93 bits per heavy atom. The number of hydrogen-bond acceptors (Lipinski definition) is 6. The van der Waals surface area contributed by atoms with Crippen LogP contribution in [-0.4, -0.2) is 49.8 Å². The third-order valence-corrected chi connectivity index (χ3v) is 6.18. The minimum atomic E-state index is 0.565. The molecule has 2 heterocycles. The molecule has 1 saturated heterocycles.